The first kappa shape index (κ1) is 15.0. The lowest BCUT2D eigenvalue weighted by Crippen LogP contribution is -2.11. The van der Waals surface area contributed by atoms with Crippen LogP contribution < -0.4 is 4.74 Å². The molecule has 0 saturated heterocycles. The van der Waals surface area contributed by atoms with Crippen molar-refractivity contribution in [2.24, 2.45) is 5.92 Å². The number of ether oxygens (including phenoxy) is 2. The maximum absolute atomic E-state index is 10.4. The molecule has 1 N–H and O–H groups in total. The van der Waals surface area contributed by atoms with Crippen LogP contribution in [-0.4, -0.2) is 25.9 Å². The molecule has 3 nitrogen and oxygen atoms in total. The van der Waals surface area contributed by atoms with Crippen LogP contribution in [0, 0.1) is 19.8 Å². The van der Waals surface area contributed by atoms with Crippen molar-refractivity contribution < 1.29 is 14.6 Å². The largest absolute Gasteiger partial charge is 0.496 e. The minimum atomic E-state index is -0.509. The third-order valence-corrected chi connectivity index (χ3v) is 3.12. The third-order valence-electron chi connectivity index (χ3n) is 3.12. The summed E-state index contributed by atoms with van der Waals surface area (Å²) in [6.45, 7) is 6.77. The van der Waals surface area contributed by atoms with Crippen molar-refractivity contribution in [1.82, 2.24) is 0 Å². The number of hydrogen-bond acceptors (Lipinski definition) is 3. The molecule has 102 valence electrons. The van der Waals surface area contributed by atoms with Gasteiger partial charge in [-0.2, -0.15) is 0 Å². The molecule has 2 atom stereocenters. The van der Waals surface area contributed by atoms with Crippen molar-refractivity contribution in [3.8, 4) is 5.75 Å². The summed E-state index contributed by atoms with van der Waals surface area (Å²) in [7, 11) is 3.32. The van der Waals surface area contributed by atoms with Crippen LogP contribution in [0.15, 0.2) is 12.1 Å². The quantitative estimate of drug-likeness (QED) is 0.845. The smallest absolute Gasteiger partial charge is 0.125 e. The Labute approximate surface area is 110 Å². The summed E-state index contributed by atoms with van der Waals surface area (Å²) >= 11 is 0. The van der Waals surface area contributed by atoms with Gasteiger partial charge in [0.2, 0.25) is 0 Å². The van der Waals surface area contributed by atoms with Crippen LogP contribution in [0.4, 0.5) is 0 Å². The van der Waals surface area contributed by atoms with E-state index in [1.165, 1.54) is 0 Å². The van der Waals surface area contributed by atoms with Crippen LogP contribution >= 0.6 is 0 Å². The van der Waals surface area contributed by atoms with Crippen LogP contribution in [0.5, 0.6) is 5.75 Å². The third kappa shape index (κ3) is 3.72. The van der Waals surface area contributed by atoms with Crippen LogP contribution in [0.25, 0.3) is 0 Å². The molecule has 1 aromatic rings. The molecule has 3 heteroatoms. The van der Waals surface area contributed by atoms with Crippen molar-refractivity contribution in [3.05, 3.63) is 28.8 Å². The van der Waals surface area contributed by atoms with Gasteiger partial charge in [0.25, 0.3) is 0 Å². The van der Waals surface area contributed by atoms with Gasteiger partial charge < -0.3 is 14.6 Å². The molecular weight excluding hydrogens is 228 g/mol. The summed E-state index contributed by atoms with van der Waals surface area (Å²) in [6.07, 6.45) is 0.166. The zero-order chi connectivity index (χ0) is 13.7. The molecule has 0 aliphatic carbocycles. The van der Waals surface area contributed by atoms with Crippen LogP contribution in [-0.2, 0) is 4.74 Å². The second-order valence-corrected chi connectivity index (χ2v) is 5.01. The molecule has 1 rings (SSSR count). The monoisotopic (exact) mass is 252 g/mol. The molecule has 0 amide bonds. The highest BCUT2D eigenvalue weighted by Crippen LogP contribution is 2.33. The van der Waals surface area contributed by atoms with E-state index in [-0.39, 0.29) is 0 Å². The van der Waals surface area contributed by atoms with E-state index in [0.29, 0.717) is 18.9 Å². The summed E-state index contributed by atoms with van der Waals surface area (Å²) < 4.78 is 10.5. The van der Waals surface area contributed by atoms with Gasteiger partial charge in [0.1, 0.15) is 5.75 Å². The molecule has 0 fully saturated rings. The normalized spacial score (nSPS) is 14.3. The maximum Gasteiger partial charge on any atom is 0.125 e. The summed E-state index contributed by atoms with van der Waals surface area (Å²) in [6, 6.07) is 4.04. The van der Waals surface area contributed by atoms with Gasteiger partial charge in [-0.3, -0.25) is 0 Å². The molecule has 1 aromatic carbocycles. The van der Waals surface area contributed by atoms with Gasteiger partial charge in [0.05, 0.1) is 13.2 Å². The van der Waals surface area contributed by atoms with E-state index in [1.807, 2.05) is 19.9 Å². The summed E-state index contributed by atoms with van der Waals surface area (Å²) in [4.78, 5) is 0. The van der Waals surface area contributed by atoms with E-state index in [1.54, 1.807) is 14.2 Å². The molecule has 2 unspecified atom stereocenters. The fraction of sp³-hybridized carbons (Fsp3) is 0.600. The van der Waals surface area contributed by atoms with E-state index >= 15 is 0 Å². The predicted octanol–water partition coefficient (Wildman–Crippen LogP) is 3.02. The highest BCUT2D eigenvalue weighted by atomic mass is 16.5. The van der Waals surface area contributed by atoms with Gasteiger partial charge in [-0.05, 0) is 43.4 Å². The number of hydrogen-bond donors (Lipinski definition) is 1. The average molecular weight is 252 g/mol. The fourth-order valence-electron chi connectivity index (χ4n) is 2.39. The molecule has 0 saturated carbocycles. The van der Waals surface area contributed by atoms with Gasteiger partial charge in [-0.1, -0.05) is 13.0 Å². The zero-order valence-electron chi connectivity index (χ0n) is 12.0. The Morgan fingerprint density at radius 2 is 1.89 bits per heavy atom. The molecule has 0 aliphatic rings. The van der Waals surface area contributed by atoms with E-state index in [9.17, 15) is 5.11 Å². The Balaban J connectivity index is 2.94. The molecule has 0 heterocycles. The zero-order valence-corrected chi connectivity index (χ0v) is 12.0. The van der Waals surface area contributed by atoms with E-state index in [0.717, 1.165) is 22.4 Å². The van der Waals surface area contributed by atoms with Crippen molar-refractivity contribution in [2.75, 3.05) is 20.8 Å². The Hall–Kier alpha value is -1.06. The molecule has 18 heavy (non-hydrogen) atoms. The Kier molecular flexibility index (Phi) is 5.63. The Bertz CT molecular complexity index is 388. The van der Waals surface area contributed by atoms with Gasteiger partial charge in [0, 0.05) is 19.3 Å². The minimum Gasteiger partial charge on any atom is -0.496 e. The second kappa shape index (κ2) is 6.76. The van der Waals surface area contributed by atoms with Gasteiger partial charge in [0.15, 0.2) is 0 Å². The highest BCUT2D eigenvalue weighted by molar-refractivity contribution is 5.44. The SMILES string of the molecule is COCC(C)CC(O)c1c(C)cc(C)cc1OC. The molecule has 0 radical (unpaired) electrons. The molecular formula is C15H24O3. The van der Waals surface area contributed by atoms with Crippen LogP contribution in [0.3, 0.4) is 0 Å². The van der Waals surface area contributed by atoms with Crippen molar-refractivity contribution >= 4 is 0 Å². The van der Waals surface area contributed by atoms with Crippen LogP contribution in [0.2, 0.25) is 0 Å². The van der Waals surface area contributed by atoms with Crippen molar-refractivity contribution in [2.45, 2.75) is 33.3 Å². The number of methoxy groups -OCH3 is 2. The molecule has 0 aromatic heterocycles. The lowest BCUT2D eigenvalue weighted by molar-refractivity contribution is 0.0998. The Morgan fingerprint density at radius 1 is 1.22 bits per heavy atom. The van der Waals surface area contributed by atoms with Gasteiger partial charge in [-0.15, -0.1) is 0 Å². The van der Waals surface area contributed by atoms with Crippen molar-refractivity contribution in [3.63, 3.8) is 0 Å². The van der Waals surface area contributed by atoms with Gasteiger partial charge >= 0.3 is 0 Å². The number of aryl methyl sites for hydroxylation is 2. The van der Waals surface area contributed by atoms with E-state index < -0.39 is 6.10 Å². The highest BCUT2D eigenvalue weighted by Gasteiger charge is 2.19. The minimum absolute atomic E-state index is 0.315. The van der Waals surface area contributed by atoms with E-state index in [4.69, 9.17) is 9.47 Å². The lowest BCUT2D eigenvalue weighted by Gasteiger charge is -2.21. The number of aliphatic hydroxyl groups excluding tert-OH is 1. The second-order valence-electron chi connectivity index (χ2n) is 5.01. The van der Waals surface area contributed by atoms with Gasteiger partial charge in [-0.25, -0.2) is 0 Å². The average Bonchev–Trinajstić information content (AvgIpc) is 2.27. The summed E-state index contributed by atoms with van der Waals surface area (Å²) in [5.41, 5.74) is 3.11. The lowest BCUT2D eigenvalue weighted by atomic mass is 9.93. The molecule has 0 aliphatic heterocycles. The standard InChI is InChI=1S/C15H24O3/c1-10-6-12(3)15(14(8-10)18-5)13(16)7-11(2)9-17-4/h6,8,11,13,16H,7,9H2,1-5H3. The first-order chi connectivity index (χ1) is 8.49. The topological polar surface area (TPSA) is 38.7 Å². The predicted molar refractivity (Wildman–Crippen MR) is 73.1 cm³/mol. The number of aliphatic hydroxyl groups is 1. The van der Waals surface area contributed by atoms with Crippen molar-refractivity contribution in [1.29, 1.82) is 0 Å². The Morgan fingerprint density at radius 3 is 2.44 bits per heavy atom. The summed E-state index contributed by atoms with van der Waals surface area (Å²) in [5, 5.41) is 10.4. The first-order valence-electron chi connectivity index (χ1n) is 6.31. The molecule has 0 bridgehead atoms. The van der Waals surface area contributed by atoms with E-state index in [2.05, 4.69) is 13.0 Å². The van der Waals surface area contributed by atoms with Crippen LogP contribution in [0.1, 0.15) is 36.1 Å². The fourth-order valence-corrected chi connectivity index (χ4v) is 2.39. The molecule has 0 spiro atoms. The first-order valence-corrected chi connectivity index (χ1v) is 6.31. The number of benzene rings is 1. The maximum atomic E-state index is 10.4. The summed E-state index contributed by atoms with van der Waals surface area (Å²) in [5.74, 6) is 1.08. The number of rotatable bonds is 6.